The van der Waals surface area contributed by atoms with Gasteiger partial charge < -0.3 is 9.09 Å². The fraction of sp³-hybridized carbons (Fsp3) is 0.438. The van der Waals surface area contributed by atoms with Crippen molar-refractivity contribution >= 4 is 0 Å². The Hall–Kier alpha value is -2.61. The second-order valence-electron chi connectivity index (χ2n) is 6.22. The highest BCUT2D eigenvalue weighted by molar-refractivity contribution is 5.46. The quantitative estimate of drug-likeness (QED) is 0.723. The first kappa shape index (κ1) is 14.9. The molecule has 8 nitrogen and oxygen atoms in total. The molecule has 0 spiro atoms. The van der Waals surface area contributed by atoms with Gasteiger partial charge in [0.05, 0.1) is 13.1 Å². The summed E-state index contributed by atoms with van der Waals surface area (Å²) in [6, 6.07) is 5.63. The van der Waals surface area contributed by atoms with E-state index in [2.05, 4.69) is 48.6 Å². The lowest BCUT2D eigenvalue weighted by Crippen LogP contribution is -2.34. The molecule has 3 aromatic rings. The van der Waals surface area contributed by atoms with Gasteiger partial charge in [0.1, 0.15) is 17.3 Å². The minimum absolute atomic E-state index is 0.384. The van der Waals surface area contributed by atoms with Crippen LogP contribution >= 0.6 is 0 Å². The van der Waals surface area contributed by atoms with E-state index in [1.807, 2.05) is 18.2 Å². The van der Waals surface area contributed by atoms with Gasteiger partial charge in [-0.05, 0) is 12.1 Å². The predicted molar refractivity (Wildman–Crippen MR) is 85.8 cm³/mol. The Balaban J connectivity index is 1.46. The van der Waals surface area contributed by atoms with Gasteiger partial charge in [0.2, 0.25) is 11.7 Å². The molecule has 0 N–H and O–H groups in total. The molecule has 4 rings (SSSR count). The van der Waals surface area contributed by atoms with Crippen LogP contribution in [0.15, 0.2) is 28.9 Å². The van der Waals surface area contributed by atoms with Gasteiger partial charge in [0.25, 0.3) is 0 Å². The summed E-state index contributed by atoms with van der Waals surface area (Å²) in [6.07, 6.45) is 1.72. The van der Waals surface area contributed by atoms with Crippen LogP contribution in [-0.2, 0) is 19.6 Å². The molecule has 24 heavy (non-hydrogen) atoms. The van der Waals surface area contributed by atoms with E-state index in [4.69, 9.17) is 4.52 Å². The van der Waals surface area contributed by atoms with E-state index in [1.54, 1.807) is 6.20 Å². The van der Waals surface area contributed by atoms with Crippen molar-refractivity contribution in [1.29, 1.82) is 0 Å². The van der Waals surface area contributed by atoms with E-state index in [0.29, 0.717) is 29.9 Å². The van der Waals surface area contributed by atoms with E-state index in [1.165, 1.54) is 0 Å². The molecule has 3 aromatic heterocycles. The Morgan fingerprint density at radius 2 is 2.12 bits per heavy atom. The average Bonchev–Trinajstić information content (AvgIpc) is 3.22. The van der Waals surface area contributed by atoms with Crippen LogP contribution in [0.3, 0.4) is 0 Å². The molecule has 0 unspecified atom stereocenters. The molecular weight excluding hydrogens is 306 g/mol. The summed E-state index contributed by atoms with van der Waals surface area (Å²) in [4.78, 5) is 10.9. The normalized spacial score (nSPS) is 15.0. The maximum Gasteiger partial charge on any atom is 0.241 e. The molecule has 1 aliphatic heterocycles. The SMILES string of the molecule is CC(C)c1nnc2n1CCN(Cc1nc(-c3ccccn3)no1)C2. The fourth-order valence-corrected chi connectivity index (χ4v) is 2.90. The van der Waals surface area contributed by atoms with Crippen LogP contribution in [0.25, 0.3) is 11.5 Å². The van der Waals surface area contributed by atoms with E-state index < -0.39 is 0 Å². The largest absolute Gasteiger partial charge is 0.337 e. The molecule has 0 saturated heterocycles. The molecule has 0 atom stereocenters. The van der Waals surface area contributed by atoms with Crippen LogP contribution in [0.2, 0.25) is 0 Å². The van der Waals surface area contributed by atoms with Crippen LogP contribution in [-0.4, -0.2) is 41.3 Å². The number of aromatic nitrogens is 6. The minimum Gasteiger partial charge on any atom is -0.337 e. The van der Waals surface area contributed by atoms with Crippen molar-refractivity contribution in [3.63, 3.8) is 0 Å². The topological polar surface area (TPSA) is 85.8 Å². The van der Waals surface area contributed by atoms with Crippen molar-refractivity contribution < 1.29 is 4.52 Å². The first-order valence-corrected chi connectivity index (χ1v) is 8.09. The van der Waals surface area contributed by atoms with Gasteiger partial charge in [-0.3, -0.25) is 9.88 Å². The molecule has 0 bridgehead atoms. The number of nitrogens with zero attached hydrogens (tertiary/aromatic N) is 7. The van der Waals surface area contributed by atoms with E-state index in [9.17, 15) is 0 Å². The Morgan fingerprint density at radius 3 is 2.92 bits per heavy atom. The summed E-state index contributed by atoms with van der Waals surface area (Å²) < 4.78 is 7.58. The maximum absolute atomic E-state index is 5.37. The molecule has 1 aliphatic rings. The van der Waals surface area contributed by atoms with E-state index in [-0.39, 0.29) is 0 Å². The summed E-state index contributed by atoms with van der Waals surface area (Å²) >= 11 is 0. The lowest BCUT2D eigenvalue weighted by molar-refractivity contribution is 0.181. The van der Waals surface area contributed by atoms with Crippen molar-refractivity contribution in [2.45, 2.75) is 39.4 Å². The molecule has 0 radical (unpaired) electrons. The number of pyridine rings is 1. The van der Waals surface area contributed by atoms with Crippen LogP contribution in [0.4, 0.5) is 0 Å². The molecule has 0 fully saturated rings. The highest BCUT2D eigenvalue weighted by atomic mass is 16.5. The summed E-state index contributed by atoms with van der Waals surface area (Å²) in [7, 11) is 0. The van der Waals surface area contributed by atoms with Gasteiger partial charge in [-0.2, -0.15) is 4.98 Å². The van der Waals surface area contributed by atoms with Crippen molar-refractivity contribution in [3.05, 3.63) is 41.9 Å². The summed E-state index contributed by atoms with van der Waals surface area (Å²) in [6.45, 7) is 7.41. The molecule has 0 aromatic carbocycles. The third-order valence-corrected chi connectivity index (χ3v) is 4.10. The highest BCUT2D eigenvalue weighted by Crippen LogP contribution is 2.20. The summed E-state index contributed by atoms with van der Waals surface area (Å²) in [5.41, 5.74) is 0.715. The third-order valence-electron chi connectivity index (χ3n) is 4.10. The fourth-order valence-electron chi connectivity index (χ4n) is 2.90. The molecule has 0 saturated carbocycles. The Labute approximate surface area is 139 Å². The van der Waals surface area contributed by atoms with Crippen molar-refractivity contribution in [2.24, 2.45) is 0 Å². The monoisotopic (exact) mass is 325 g/mol. The first-order chi connectivity index (χ1) is 11.7. The Morgan fingerprint density at radius 1 is 1.21 bits per heavy atom. The molecule has 124 valence electrons. The second kappa shape index (κ2) is 6.12. The lowest BCUT2D eigenvalue weighted by atomic mass is 10.2. The second-order valence-corrected chi connectivity index (χ2v) is 6.22. The Bertz CT molecular complexity index is 824. The van der Waals surface area contributed by atoms with E-state index >= 15 is 0 Å². The van der Waals surface area contributed by atoms with Gasteiger partial charge in [-0.15, -0.1) is 10.2 Å². The average molecular weight is 325 g/mol. The van der Waals surface area contributed by atoms with E-state index in [0.717, 1.165) is 31.3 Å². The predicted octanol–water partition coefficient (Wildman–Crippen LogP) is 1.86. The third kappa shape index (κ3) is 2.80. The smallest absolute Gasteiger partial charge is 0.241 e. The van der Waals surface area contributed by atoms with Gasteiger partial charge in [0.15, 0.2) is 0 Å². The van der Waals surface area contributed by atoms with Crippen molar-refractivity contribution in [1.82, 2.24) is 34.8 Å². The number of fused-ring (bicyclic) bond motifs is 1. The van der Waals surface area contributed by atoms with Crippen LogP contribution in [0.5, 0.6) is 0 Å². The molecule has 4 heterocycles. The van der Waals surface area contributed by atoms with Crippen molar-refractivity contribution in [3.8, 4) is 11.5 Å². The first-order valence-electron chi connectivity index (χ1n) is 8.09. The summed E-state index contributed by atoms with van der Waals surface area (Å²) in [5.74, 6) is 3.55. The van der Waals surface area contributed by atoms with Crippen LogP contribution in [0.1, 0.15) is 37.3 Å². The minimum atomic E-state index is 0.384. The molecular formula is C16H19N7O. The van der Waals surface area contributed by atoms with Gasteiger partial charge in [0, 0.05) is 25.2 Å². The number of hydrogen-bond acceptors (Lipinski definition) is 7. The lowest BCUT2D eigenvalue weighted by Gasteiger charge is -2.26. The van der Waals surface area contributed by atoms with Gasteiger partial charge in [-0.25, -0.2) is 0 Å². The van der Waals surface area contributed by atoms with Crippen LogP contribution in [0, 0.1) is 0 Å². The zero-order valence-corrected chi connectivity index (χ0v) is 13.8. The molecule has 0 amide bonds. The number of rotatable bonds is 4. The molecule has 0 aliphatic carbocycles. The van der Waals surface area contributed by atoms with Gasteiger partial charge >= 0.3 is 0 Å². The van der Waals surface area contributed by atoms with Gasteiger partial charge in [-0.1, -0.05) is 25.1 Å². The number of hydrogen-bond donors (Lipinski definition) is 0. The standard InChI is InChI=1S/C16H19N7O/c1-11(2)16-20-19-13-9-22(7-8-23(13)16)10-14-18-15(21-24-14)12-5-3-4-6-17-12/h3-6,11H,7-10H2,1-2H3. The van der Waals surface area contributed by atoms with Crippen molar-refractivity contribution in [2.75, 3.05) is 6.54 Å². The Kier molecular flexibility index (Phi) is 3.81. The highest BCUT2D eigenvalue weighted by Gasteiger charge is 2.23. The summed E-state index contributed by atoms with van der Waals surface area (Å²) in [5, 5.41) is 12.6. The molecule has 8 heteroatoms. The maximum atomic E-state index is 5.37. The zero-order valence-electron chi connectivity index (χ0n) is 13.8. The zero-order chi connectivity index (χ0) is 16.5. The van der Waals surface area contributed by atoms with Crippen LogP contribution < -0.4 is 0 Å².